The van der Waals surface area contributed by atoms with Crippen LogP contribution >= 0.6 is 0 Å². The molecule has 0 radical (unpaired) electrons. The molecular weight excluding hydrogens is 454 g/mol. The average Bonchev–Trinajstić information content (AvgIpc) is 3.43. The number of nitrogens with zero attached hydrogens (tertiary/aromatic N) is 3. The predicted octanol–water partition coefficient (Wildman–Crippen LogP) is 3.81. The molecule has 4 rings (SSSR count). The van der Waals surface area contributed by atoms with Gasteiger partial charge in [-0.3, -0.25) is 0 Å². The van der Waals surface area contributed by atoms with Crippen molar-refractivity contribution in [3.8, 4) is 5.75 Å². The van der Waals surface area contributed by atoms with Crippen molar-refractivity contribution in [2.75, 3.05) is 51.8 Å². The summed E-state index contributed by atoms with van der Waals surface area (Å²) < 4.78 is 27.5. The number of esters is 1. The van der Waals surface area contributed by atoms with Crippen LogP contribution in [0.3, 0.4) is 0 Å². The summed E-state index contributed by atoms with van der Waals surface area (Å²) in [5.74, 6) is 0.141. The average molecular weight is 486 g/mol. The van der Waals surface area contributed by atoms with E-state index < -0.39 is 5.97 Å². The van der Waals surface area contributed by atoms with Gasteiger partial charge in [0.25, 0.3) is 0 Å². The van der Waals surface area contributed by atoms with Gasteiger partial charge in [-0.2, -0.15) is 0 Å². The molecule has 4 heterocycles. The molecule has 1 fully saturated rings. The Hall–Kier alpha value is -3.21. The monoisotopic (exact) mass is 485 g/mol. The number of furan rings is 1. The molecule has 1 atom stereocenters. The summed E-state index contributed by atoms with van der Waals surface area (Å²) in [4.78, 5) is 23.4. The molecule has 2 aromatic rings. The van der Waals surface area contributed by atoms with E-state index in [0.29, 0.717) is 32.2 Å². The quantitative estimate of drug-likeness (QED) is 0.288. The molecule has 2 aromatic heterocycles. The first-order chi connectivity index (χ1) is 17.1. The van der Waals surface area contributed by atoms with Crippen LogP contribution in [0, 0.1) is 0 Å². The second-order valence-corrected chi connectivity index (χ2v) is 8.18. The number of allylic oxidation sites excluding steroid dienone is 1. The van der Waals surface area contributed by atoms with Crippen LogP contribution in [-0.2, 0) is 18.9 Å². The molecule has 10 nitrogen and oxygen atoms in total. The number of rotatable bonds is 11. The number of pyridine rings is 1. The van der Waals surface area contributed by atoms with Crippen LogP contribution in [-0.4, -0.2) is 75.2 Å². The Morgan fingerprint density at radius 2 is 2.20 bits per heavy atom. The normalized spacial score (nSPS) is 18.3. The fraction of sp³-hybridized carbons (Fsp3) is 0.480. The number of fused-ring (bicyclic) bond motifs is 1. The maximum absolute atomic E-state index is 12.9. The molecule has 188 valence electrons. The zero-order chi connectivity index (χ0) is 24.6. The van der Waals surface area contributed by atoms with Gasteiger partial charge in [0.1, 0.15) is 6.79 Å². The van der Waals surface area contributed by atoms with Gasteiger partial charge < -0.3 is 33.4 Å². The predicted molar refractivity (Wildman–Crippen MR) is 130 cm³/mol. The number of carbonyl (C=O) groups is 1. The lowest BCUT2D eigenvalue weighted by atomic mass is 10.0. The number of hydrogen-bond acceptors (Lipinski definition) is 10. The SMILES string of the molecule is CCOC(=O)c1c(N2CCCCC2COCOCCOC)oc(C=C2C=Nc3ncccc32)c1O. The minimum absolute atomic E-state index is 0.0169. The van der Waals surface area contributed by atoms with Gasteiger partial charge in [-0.1, -0.05) is 0 Å². The fourth-order valence-corrected chi connectivity index (χ4v) is 4.18. The van der Waals surface area contributed by atoms with Crippen molar-refractivity contribution in [3.05, 3.63) is 35.2 Å². The summed E-state index contributed by atoms with van der Waals surface area (Å²) in [5, 5.41) is 11.0. The second-order valence-electron chi connectivity index (χ2n) is 8.18. The number of methoxy groups -OCH3 is 1. The van der Waals surface area contributed by atoms with Crippen LogP contribution in [0.4, 0.5) is 11.7 Å². The Balaban J connectivity index is 1.61. The molecule has 0 aromatic carbocycles. The zero-order valence-corrected chi connectivity index (χ0v) is 20.1. The Morgan fingerprint density at radius 1 is 1.31 bits per heavy atom. The van der Waals surface area contributed by atoms with E-state index in [2.05, 4.69) is 9.98 Å². The van der Waals surface area contributed by atoms with E-state index in [-0.39, 0.29) is 42.4 Å². The molecule has 10 heteroatoms. The van der Waals surface area contributed by atoms with Gasteiger partial charge in [-0.15, -0.1) is 0 Å². The van der Waals surface area contributed by atoms with Crippen LogP contribution in [0.25, 0.3) is 11.6 Å². The smallest absolute Gasteiger partial charge is 0.347 e. The number of aliphatic imine (C=N–C) groups is 1. The molecular formula is C25H31N3O7. The lowest BCUT2D eigenvalue weighted by Crippen LogP contribution is -2.43. The highest BCUT2D eigenvalue weighted by molar-refractivity contribution is 6.21. The molecule has 1 saturated heterocycles. The van der Waals surface area contributed by atoms with E-state index in [1.54, 1.807) is 32.5 Å². The summed E-state index contributed by atoms with van der Waals surface area (Å²) >= 11 is 0. The van der Waals surface area contributed by atoms with Crippen LogP contribution in [0.1, 0.15) is 47.9 Å². The molecule has 0 aliphatic carbocycles. The van der Waals surface area contributed by atoms with Crippen molar-refractivity contribution in [3.63, 3.8) is 0 Å². The van der Waals surface area contributed by atoms with Crippen molar-refractivity contribution in [2.45, 2.75) is 32.2 Å². The lowest BCUT2D eigenvalue weighted by Gasteiger charge is -2.35. The van der Waals surface area contributed by atoms with Gasteiger partial charge in [0.05, 0.1) is 32.5 Å². The van der Waals surface area contributed by atoms with E-state index in [4.69, 9.17) is 23.4 Å². The first-order valence-electron chi connectivity index (χ1n) is 11.8. The van der Waals surface area contributed by atoms with Crippen LogP contribution < -0.4 is 4.90 Å². The minimum Gasteiger partial charge on any atom is -0.504 e. The number of aromatic hydroxyl groups is 1. The summed E-state index contributed by atoms with van der Waals surface area (Å²) in [6.07, 6.45) is 7.79. The molecule has 1 unspecified atom stereocenters. The summed E-state index contributed by atoms with van der Waals surface area (Å²) in [5.41, 5.74) is 1.56. The summed E-state index contributed by atoms with van der Waals surface area (Å²) in [7, 11) is 1.61. The minimum atomic E-state index is -0.635. The van der Waals surface area contributed by atoms with Crippen molar-refractivity contribution in [1.82, 2.24) is 4.98 Å². The van der Waals surface area contributed by atoms with E-state index in [1.807, 2.05) is 17.0 Å². The van der Waals surface area contributed by atoms with Crippen LogP contribution in [0.2, 0.25) is 0 Å². The fourth-order valence-electron chi connectivity index (χ4n) is 4.18. The van der Waals surface area contributed by atoms with Gasteiger partial charge in [-0.05, 0) is 44.4 Å². The Kier molecular flexibility index (Phi) is 8.51. The van der Waals surface area contributed by atoms with E-state index >= 15 is 0 Å². The van der Waals surface area contributed by atoms with Crippen LogP contribution in [0.5, 0.6) is 5.75 Å². The first kappa shape index (κ1) is 24.9. The highest BCUT2D eigenvalue weighted by Crippen LogP contribution is 2.41. The van der Waals surface area contributed by atoms with E-state index in [1.165, 1.54) is 0 Å². The van der Waals surface area contributed by atoms with Gasteiger partial charge in [0.2, 0.25) is 5.88 Å². The Labute approximate surface area is 204 Å². The molecule has 0 bridgehead atoms. The Morgan fingerprint density at radius 3 is 3.03 bits per heavy atom. The third kappa shape index (κ3) is 5.72. The maximum atomic E-state index is 12.9. The highest BCUT2D eigenvalue weighted by atomic mass is 16.7. The zero-order valence-electron chi connectivity index (χ0n) is 20.1. The molecule has 2 aliphatic heterocycles. The second kappa shape index (κ2) is 12.0. The van der Waals surface area contributed by atoms with Gasteiger partial charge in [-0.25, -0.2) is 14.8 Å². The number of anilines is 1. The van der Waals surface area contributed by atoms with Gasteiger partial charge in [0, 0.05) is 37.2 Å². The standard InChI is InChI=1S/C25H31N3O7/c1-3-34-25(30)21-22(29)20(13-17-14-27-23-19(17)8-6-9-26-23)35-24(21)28-10-5-4-7-18(28)15-33-16-32-12-11-31-2/h6,8-9,13-14,18,29H,3-5,7,10-12,15-16H2,1-2H3. The van der Waals surface area contributed by atoms with Crippen molar-refractivity contribution >= 4 is 35.5 Å². The van der Waals surface area contributed by atoms with Gasteiger partial charge in [0.15, 0.2) is 22.9 Å². The number of ether oxygens (including phenoxy) is 4. The van der Waals surface area contributed by atoms with E-state index in [9.17, 15) is 9.90 Å². The molecule has 2 aliphatic rings. The molecule has 0 saturated carbocycles. The number of hydrogen-bond donors (Lipinski definition) is 1. The first-order valence-corrected chi connectivity index (χ1v) is 11.8. The molecule has 1 N–H and O–H groups in total. The maximum Gasteiger partial charge on any atom is 0.347 e. The van der Waals surface area contributed by atoms with Crippen LogP contribution in [0.15, 0.2) is 27.7 Å². The van der Waals surface area contributed by atoms with Crippen molar-refractivity contribution in [1.29, 1.82) is 0 Å². The number of carbonyl (C=O) groups excluding carboxylic acids is 1. The molecule has 35 heavy (non-hydrogen) atoms. The van der Waals surface area contributed by atoms with Crippen molar-refractivity contribution in [2.24, 2.45) is 4.99 Å². The molecule has 0 amide bonds. The Bertz CT molecular complexity index is 1080. The third-order valence-electron chi connectivity index (χ3n) is 5.88. The highest BCUT2D eigenvalue weighted by Gasteiger charge is 2.34. The number of piperidine rings is 1. The summed E-state index contributed by atoms with van der Waals surface area (Å²) in [6.45, 7) is 4.03. The molecule has 0 spiro atoms. The van der Waals surface area contributed by atoms with E-state index in [0.717, 1.165) is 30.4 Å². The topological polar surface area (TPSA) is 116 Å². The largest absolute Gasteiger partial charge is 0.504 e. The number of aromatic nitrogens is 1. The third-order valence-corrected chi connectivity index (χ3v) is 5.88. The lowest BCUT2D eigenvalue weighted by molar-refractivity contribution is -0.0703. The van der Waals surface area contributed by atoms with Gasteiger partial charge >= 0.3 is 5.97 Å². The summed E-state index contributed by atoms with van der Waals surface area (Å²) in [6, 6.07) is 3.66. The van der Waals surface area contributed by atoms with Crippen molar-refractivity contribution < 1.29 is 33.3 Å².